The first-order chi connectivity index (χ1) is 9.94. The Morgan fingerprint density at radius 2 is 1.86 bits per heavy atom. The number of aliphatic hydroxyl groups excluding tert-OH is 1. The third-order valence-corrected chi connectivity index (χ3v) is 3.38. The van der Waals surface area contributed by atoms with Gasteiger partial charge in [-0.3, -0.25) is 0 Å². The molecule has 1 atom stereocenters. The van der Waals surface area contributed by atoms with E-state index in [1.807, 2.05) is 31.2 Å². The summed E-state index contributed by atoms with van der Waals surface area (Å²) in [5.41, 5.74) is 3.16. The third-order valence-electron chi connectivity index (χ3n) is 2.93. The lowest BCUT2D eigenvalue weighted by atomic mass is 10.1. The molecule has 4 nitrogen and oxygen atoms in total. The van der Waals surface area contributed by atoms with Crippen LogP contribution in [-0.4, -0.2) is 11.1 Å². The molecule has 0 aliphatic carbocycles. The molecule has 0 aliphatic heterocycles. The van der Waals surface area contributed by atoms with E-state index >= 15 is 0 Å². The highest BCUT2D eigenvalue weighted by Gasteiger charge is 2.06. The number of hydrogen-bond donors (Lipinski definition) is 3. The summed E-state index contributed by atoms with van der Waals surface area (Å²) in [7, 11) is 0. The van der Waals surface area contributed by atoms with E-state index in [1.54, 1.807) is 25.1 Å². The topological polar surface area (TPSA) is 61.4 Å². The zero-order valence-electron chi connectivity index (χ0n) is 11.9. The van der Waals surface area contributed by atoms with Gasteiger partial charge in [-0.2, -0.15) is 0 Å². The maximum Gasteiger partial charge on any atom is 0.323 e. The van der Waals surface area contributed by atoms with Gasteiger partial charge in [0.1, 0.15) is 0 Å². The summed E-state index contributed by atoms with van der Waals surface area (Å²) in [5.74, 6) is 0. The highest BCUT2D eigenvalue weighted by Crippen LogP contribution is 2.20. The number of halogens is 1. The lowest BCUT2D eigenvalue weighted by Gasteiger charge is -2.11. The molecule has 0 saturated carbocycles. The molecule has 0 bridgehead atoms. The van der Waals surface area contributed by atoms with Crippen LogP contribution in [0.3, 0.4) is 0 Å². The lowest BCUT2D eigenvalue weighted by Crippen LogP contribution is -2.19. The Balaban J connectivity index is 2.06. The first-order valence-electron chi connectivity index (χ1n) is 6.57. The van der Waals surface area contributed by atoms with Crippen molar-refractivity contribution in [3.8, 4) is 0 Å². The molecule has 0 radical (unpaired) electrons. The maximum absolute atomic E-state index is 12.0. The van der Waals surface area contributed by atoms with Crippen LogP contribution < -0.4 is 10.6 Å². The molecule has 0 heterocycles. The second kappa shape index (κ2) is 6.74. The molecular weight excluding hydrogens is 332 g/mol. The second-order valence-corrected chi connectivity index (χ2v) is 5.81. The van der Waals surface area contributed by atoms with Crippen LogP contribution in [0.1, 0.15) is 24.2 Å². The third kappa shape index (κ3) is 4.58. The molecule has 0 aliphatic rings. The number of aliphatic hydroxyl groups is 1. The van der Waals surface area contributed by atoms with Gasteiger partial charge in [0.05, 0.1) is 6.10 Å². The lowest BCUT2D eigenvalue weighted by molar-refractivity contribution is 0.199. The molecule has 110 valence electrons. The minimum absolute atomic E-state index is 0.324. The van der Waals surface area contributed by atoms with Gasteiger partial charge in [0.25, 0.3) is 0 Å². The molecule has 0 aromatic heterocycles. The fourth-order valence-corrected chi connectivity index (χ4v) is 2.59. The fourth-order valence-electron chi connectivity index (χ4n) is 1.98. The first-order valence-corrected chi connectivity index (χ1v) is 7.36. The van der Waals surface area contributed by atoms with Crippen LogP contribution in [0, 0.1) is 6.92 Å². The van der Waals surface area contributed by atoms with Crippen molar-refractivity contribution < 1.29 is 9.90 Å². The minimum Gasteiger partial charge on any atom is -0.389 e. The van der Waals surface area contributed by atoms with E-state index in [1.165, 1.54) is 0 Å². The van der Waals surface area contributed by atoms with E-state index in [0.29, 0.717) is 11.4 Å². The number of hydrogen-bond acceptors (Lipinski definition) is 2. The zero-order chi connectivity index (χ0) is 15.4. The largest absolute Gasteiger partial charge is 0.389 e. The Bertz CT molecular complexity index is 636. The number of nitrogens with one attached hydrogen (secondary N) is 2. The van der Waals surface area contributed by atoms with Crippen LogP contribution in [0.4, 0.5) is 16.2 Å². The zero-order valence-corrected chi connectivity index (χ0v) is 13.4. The molecular formula is C16H17BrN2O2. The fraction of sp³-hybridized carbons (Fsp3) is 0.188. The summed E-state index contributed by atoms with van der Waals surface area (Å²) in [6.07, 6.45) is -0.567. The molecule has 2 aromatic carbocycles. The Hall–Kier alpha value is -1.85. The molecule has 1 unspecified atom stereocenters. The molecule has 0 saturated heterocycles. The van der Waals surface area contributed by atoms with Crippen LogP contribution in [0.2, 0.25) is 0 Å². The summed E-state index contributed by atoms with van der Waals surface area (Å²) in [4.78, 5) is 12.0. The molecule has 0 spiro atoms. The molecule has 2 aromatic rings. The van der Waals surface area contributed by atoms with Crippen LogP contribution in [-0.2, 0) is 0 Å². The molecule has 2 amide bonds. The van der Waals surface area contributed by atoms with Gasteiger partial charge >= 0.3 is 6.03 Å². The molecule has 5 heteroatoms. The average Bonchev–Trinajstić information content (AvgIpc) is 2.37. The van der Waals surface area contributed by atoms with Crippen molar-refractivity contribution in [1.82, 2.24) is 0 Å². The van der Waals surface area contributed by atoms with Crippen LogP contribution in [0.25, 0.3) is 0 Å². The van der Waals surface area contributed by atoms with Crippen molar-refractivity contribution in [1.29, 1.82) is 0 Å². The standard InChI is InChI=1S/C16H17BrN2O2/c1-10-6-13(17)9-15(7-10)19-16(21)18-14-5-3-4-12(8-14)11(2)20/h3-9,11,20H,1-2H3,(H2,18,19,21). The normalized spacial score (nSPS) is 11.8. The van der Waals surface area contributed by atoms with Crippen molar-refractivity contribution in [2.75, 3.05) is 10.6 Å². The van der Waals surface area contributed by atoms with Gasteiger partial charge < -0.3 is 15.7 Å². The predicted molar refractivity (Wildman–Crippen MR) is 88.6 cm³/mol. The summed E-state index contributed by atoms with van der Waals surface area (Å²) >= 11 is 3.40. The number of aryl methyl sites for hydroxylation is 1. The molecule has 0 fully saturated rings. The van der Waals surface area contributed by atoms with Gasteiger partial charge in [-0.05, 0) is 55.3 Å². The van der Waals surface area contributed by atoms with Crippen molar-refractivity contribution in [2.45, 2.75) is 20.0 Å². The summed E-state index contributed by atoms with van der Waals surface area (Å²) in [5, 5.41) is 15.1. The smallest absolute Gasteiger partial charge is 0.323 e. The molecule has 3 N–H and O–H groups in total. The predicted octanol–water partition coefficient (Wildman–Crippen LogP) is 4.45. The summed E-state index contributed by atoms with van der Waals surface area (Å²) < 4.78 is 0.911. The SMILES string of the molecule is Cc1cc(Br)cc(NC(=O)Nc2cccc(C(C)O)c2)c1. The highest BCUT2D eigenvalue weighted by atomic mass is 79.9. The summed E-state index contributed by atoms with van der Waals surface area (Å²) in [6.45, 7) is 3.64. The van der Waals surface area contributed by atoms with Gasteiger partial charge in [-0.25, -0.2) is 4.79 Å². The van der Waals surface area contributed by atoms with Gasteiger partial charge in [0, 0.05) is 15.8 Å². The highest BCUT2D eigenvalue weighted by molar-refractivity contribution is 9.10. The Morgan fingerprint density at radius 3 is 2.52 bits per heavy atom. The average molecular weight is 349 g/mol. The number of benzene rings is 2. The minimum atomic E-state index is -0.567. The van der Waals surface area contributed by atoms with Gasteiger partial charge in [-0.1, -0.05) is 28.1 Å². The number of rotatable bonds is 3. The Kier molecular flexibility index (Phi) is 4.98. The summed E-state index contributed by atoms with van der Waals surface area (Å²) in [6, 6.07) is 12.5. The van der Waals surface area contributed by atoms with Gasteiger partial charge in [-0.15, -0.1) is 0 Å². The van der Waals surface area contributed by atoms with E-state index in [0.717, 1.165) is 15.6 Å². The van der Waals surface area contributed by atoms with Crippen molar-refractivity contribution >= 4 is 33.3 Å². The van der Waals surface area contributed by atoms with Gasteiger partial charge in [0.15, 0.2) is 0 Å². The first kappa shape index (κ1) is 15.5. The van der Waals surface area contributed by atoms with Crippen molar-refractivity contribution in [3.05, 3.63) is 58.1 Å². The maximum atomic E-state index is 12.0. The second-order valence-electron chi connectivity index (χ2n) is 4.90. The Labute approximate surface area is 132 Å². The van der Waals surface area contributed by atoms with Crippen LogP contribution >= 0.6 is 15.9 Å². The van der Waals surface area contributed by atoms with Gasteiger partial charge in [0.2, 0.25) is 0 Å². The van der Waals surface area contributed by atoms with Crippen LogP contribution in [0.15, 0.2) is 46.9 Å². The number of amides is 2. The van der Waals surface area contributed by atoms with E-state index in [4.69, 9.17) is 0 Å². The van der Waals surface area contributed by atoms with E-state index in [2.05, 4.69) is 26.6 Å². The number of anilines is 2. The van der Waals surface area contributed by atoms with E-state index < -0.39 is 6.10 Å². The van der Waals surface area contributed by atoms with Crippen LogP contribution in [0.5, 0.6) is 0 Å². The quantitative estimate of drug-likeness (QED) is 0.766. The number of carbonyl (C=O) groups is 1. The molecule has 2 rings (SSSR count). The monoisotopic (exact) mass is 348 g/mol. The Morgan fingerprint density at radius 1 is 1.14 bits per heavy atom. The van der Waals surface area contributed by atoms with E-state index in [9.17, 15) is 9.90 Å². The van der Waals surface area contributed by atoms with E-state index in [-0.39, 0.29) is 6.03 Å². The van der Waals surface area contributed by atoms with Crippen molar-refractivity contribution in [2.24, 2.45) is 0 Å². The molecule has 21 heavy (non-hydrogen) atoms. The number of urea groups is 1. The number of carbonyl (C=O) groups excluding carboxylic acids is 1. The van der Waals surface area contributed by atoms with Crippen molar-refractivity contribution in [3.63, 3.8) is 0 Å².